The molecule has 0 unspecified atom stereocenters. The van der Waals surface area contributed by atoms with Crippen molar-refractivity contribution in [3.8, 4) is 0 Å². The molecule has 0 bridgehead atoms. The Labute approximate surface area is 123 Å². The zero-order valence-electron chi connectivity index (χ0n) is 9.55. The van der Waals surface area contributed by atoms with E-state index in [9.17, 15) is 13.2 Å². The molecule has 0 aliphatic heterocycles. The molecule has 0 aliphatic rings. The van der Waals surface area contributed by atoms with Gasteiger partial charge in [0.2, 0.25) is 0 Å². The van der Waals surface area contributed by atoms with Crippen molar-refractivity contribution >= 4 is 35.5 Å². The van der Waals surface area contributed by atoms with Crippen molar-refractivity contribution in [3.05, 3.63) is 52.2 Å². The lowest BCUT2D eigenvalue weighted by molar-refractivity contribution is -0.0328. The van der Waals surface area contributed by atoms with E-state index in [-0.39, 0.29) is 29.1 Å². The minimum atomic E-state index is -4.30. The lowest BCUT2D eigenvalue weighted by Gasteiger charge is -2.15. The summed E-state index contributed by atoms with van der Waals surface area (Å²) in [5.74, 6) is 0. The van der Waals surface area contributed by atoms with E-state index in [1.165, 1.54) is 17.4 Å². The maximum Gasteiger partial charge on any atom is 0.446 e. The van der Waals surface area contributed by atoms with E-state index in [0.717, 1.165) is 4.88 Å². The van der Waals surface area contributed by atoms with Crippen molar-refractivity contribution in [2.75, 3.05) is 0 Å². The van der Waals surface area contributed by atoms with Gasteiger partial charge in [0.15, 0.2) is 0 Å². The molecule has 2 rings (SSSR count). The second-order valence-corrected chi connectivity index (χ2v) is 5.66. The molecular weight excluding hydrogens is 315 g/mol. The molecular formula is C12H11ClF3NS2. The molecule has 19 heavy (non-hydrogen) atoms. The van der Waals surface area contributed by atoms with Crippen LogP contribution in [0.5, 0.6) is 0 Å². The van der Waals surface area contributed by atoms with Gasteiger partial charge in [0.25, 0.3) is 0 Å². The lowest BCUT2D eigenvalue weighted by Crippen LogP contribution is -2.12. The van der Waals surface area contributed by atoms with E-state index >= 15 is 0 Å². The van der Waals surface area contributed by atoms with Gasteiger partial charge in [-0.1, -0.05) is 24.3 Å². The van der Waals surface area contributed by atoms with Crippen molar-refractivity contribution < 1.29 is 13.2 Å². The Bertz CT molecular complexity index is 514. The number of benzene rings is 1. The van der Waals surface area contributed by atoms with E-state index in [1.54, 1.807) is 18.2 Å². The van der Waals surface area contributed by atoms with Crippen LogP contribution in [0, 0.1) is 0 Å². The quantitative estimate of drug-likeness (QED) is 0.818. The lowest BCUT2D eigenvalue weighted by atomic mass is 10.1. The third-order valence-electron chi connectivity index (χ3n) is 2.33. The van der Waals surface area contributed by atoms with Gasteiger partial charge < -0.3 is 5.73 Å². The van der Waals surface area contributed by atoms with Crippen molar-refractivity contribution in [1.29, 1.82) is 0 Å². The normalized spacial score (nSPS) is 12.8. The summed E-state index contributed by atoms with van der Waals surface area (Å²) in [7, 11) is 0. The first-order valence-corrected chi connectivity index (χ1v) is 6.80. The molecule has 1 heterocycles. The number of hydrogen-bond donors (Lipinski definition) is 1. The van der Waals surface area contributed by atoms with Gasteiger partial charge in [-0.05, 0) is 34.8 Å². The van der Waals surface area contributed by atoms with Crippen LogP contribution in [-0.4, -0.2) is 5.51 Å². The summed E-state index contributed by atoms with van der Waals surface area (Å²) in [6, 6.07) is 9.50. The van der Waals surface area contributed by atoms with Gasteiger partial charge >= 0.3 is 5.51 Å². The van der Waals surface area contributed by atoms with E-state index in [4.69, 9.17) is 5.73 Å². The molecule has 2 N–H and O–H groups in total. The third kappa shape index (κ3) is 4.42. The molecule has 1 atom stereocenters. The van der Waals surface area contributed by atoms with Crippen LogP contribution in [0.3, 0.4) is 0 Å². The second-order valence-electron chi connectivity index (χ2n) is 3.58. The Morgan fingerprint density at radius 1 is 1.11 bits per heavy atom. The number of halogens is 4. The van der Waals surface area contributed by atoms with Gasteiger partial charge in [0, 0.05) is 9.77 Å². The average Bonchev–Trinajstić information content (AvgIpc) is 2.80. The van der Waals surface area contributed by atoms with Crippen LogP contribution in [0.1, 0.15) is 16.5 Å². The third-order valence-corrected chi connectivity index (χ3v) is 4.11. The molecule has 1 aromatic heterocycles. The first-order valence-electron chi connectivity index (χ1n) is 5.11. The highest BCUT2D eigenvalue weighted by Gasteiger charge is 2.31. The number of rotatable bonds is 3. The van der Waals surface area contributed by atoms with E-state index < -0.39 is 11.6 Å². The van der Waals surface area contributed by atoms with Crippen molar-refractivity contribution in [1.82, 2.24) is 0 Å². The summed E-state index contributed by atoms with van der Waals surface area (Å²) in [4.78, 5) is 1.01. The molecule has 1 nitrogen and oxygen atoms in total. The van der Waals surface area contributed by atoms with Gasteiger partial charge in [0.1, 0.15) is 0 Å². The van der Waals surface area contributed by atoms with Crippen LogP contribution in [0.2, 0.25) is 0 Å². The summed E-state index contributed by atoms with van der Waals surface area (Å²) in [6.07, 6.45) is 0. The summed E-state index contributed by atoms with van der Waals surface area (Å²) >= 11 is 1.31. The molecule has 1 aromatic carbocycles. The van der Waals surface area contributed by atoms with E-state index in [0.29, 0.717) is 5.56 Å². The Morgan fingerprint density at radius 2 is 1.79 bits per heavy atom. The number of thiophene rings is 1. The topological polar surface area (TPSA) is 26.0 Å². The zero-order chi connectivity index (χ0) is 13.2. The zero-order valence-corrected chi connectivity index (χ0v) is 12.0. The van der Waals surface area contributed by atoms with Crippen LogP contribution in [0.25, 0.3) is 0 Å². The Balaban J connectivity index is 0.00000180. The summed E-state index contributed by atoms with van der Waals surface area (Å²) in [5.41, 5.74) is 2.21. The minimum Gasteiger partial charge on any atom is -0.320 e. The Kier molecular flexibility index (Phi) is 5.73. The van der Waals surface area contributed by atoms with Crippen LogP contribution in [-0.2, 0) is 0 Å². The molecule has 104 valence electrons. The van der Waals surface area contributed by atoms with Gasteiger partial charge in [0.05, 0.1) is 6.04 Å². The smallest absolute Gasteiger partial charge is 0.320 e. The molecule has 0 saturated heterocycles. The molecule has 0 fully saturated rings. The maximum atomic E-state index is 12.5. The van der Waals surface area contributed by atoms with Crippen LogP contribution < -0.4 is 5.73 Å². The molecule has 0 amide bonds. The largest absolute Gasteiger partial charge is 0.446 e. The van der Waals surface area contributed by atoms with Gasteiger partial charge in [-0.2, -0.15) is 13.2 Å². The van der Waals surface area contributed by atoms with Crippen LogP contribution in [0.4, 0.5) is 13.2 Å². The maximum absolute atomic E-state index is 12.5. The standard InChI is InChI=1S/C12H10F3NS2.ClH/c13-12(14,15)18-9-5-2-1-4-8(9)11(16)10-6-3-7-17-10;/h1-7,11H,16H2;1H/t11-;/m0./s1. The van der Waals surface area contributed by atoms with Gasteiger partial charge in [-0.3, -0.25) is 0 Å². The van der Waals surface area contributed by atoms with Crippen LogP contribution >= 0.6 is 35.5 Å². The Hall–Kier alpha value is -0.690. The Morgan fingerprint density at radius 3 is 2.37 bits per heavy atom. The van der Waals surface area contributed by atoms with E-state index in [1.807, 2.05) is 17.5 Å². The fraction of sp³-hybridized carbons (Fsp3) is 0.167. The van der Waals surface area contributed by atoms with Gasteiger partial charge in [-0.25, -0.2) is 0 Å². The first kappa shape index (κ1) is 16.4. The monoisotopic (exact) mass is 325 g/mol. The van der Waals surface area contributed by atoms with E-state index in [2.05, 4.69) is 0 Å². The fourth-order valence-electron chi connectivity index (χ4n) is 1.58. The number of thioether (sulfide) groups is 1. The summed E-state index contributed by atoms with van der Waals surface area (Å²) in [6.45, 7) is 0. The molecule has 7 heteroatoms. The predicted molar refractivity (Wildman–Crippen MR) is 76.0 cm³/mol. The van der Waals surface area contributed by atoms with Crippen molar-refractivity contribution in [2.45, 2.75) is 16.4 Å². The fourth-order valence-corrected chi connectivity index (χ4v) is 3.03. The SMILES string of the molecule is Cl.N[C@H](c1cccs1)c1ccccc1SC(F)(F)F. The molecule has 0 spiro atoms. The molecule has 0 aliphatic carbocycles. The molecule has 0 saturated carbocycles. The summed E-state index contributed by atoms with van der Waals surface area (Å²) < 4.78 is 37.4. The van der Waals surface area contributed by atoms with Crippen molar-refractivity contribution in [2.24, 2.45) is 5.73 Å². The number of nitrogens with two attached hydrogens (primary N) is 1. The highest BCUT2D eigenvalue weighted by Crippen LogP contribution is 2.40. The molecule has 2 aromatic rings. The summed E-state index contributed by atoms with van der Waals surface area (Å²) in [5, 5.41) is 1.86. The van der Waals surface area contributed by atoms with Crippen LogP contribution in [0.15, 0.2) is 46.7 Å². The average molecular weight is 326 g/mol. The highest BCUT2D eigenvalue weighted by molar-refractivity contribution is 8.00. The predicted octanol–water partition coefficient (Wildman–Crippen LogP) is 4.83. The first-order chi connectivity index (χ1) is 8.47. The molecule has 0 radical (unpaired) electrons. The van der Waals surface area contributed by atoms with Crippen molar-refractivity contribution in [3.63, 3.8) is 0 Å². The minimum absolute atomic E-state index is 0. The highest BCUT2D eigenvalue weighted by atomic mass is 35.5. The van der Waals surface area contributed by atoms with Gasteiger partial charge in [-0.15, -0.1) is 23.7 Å². The number of alkyl halides is 3. The second kappa shape index (κ2) is 6.65. The number of hydrogen-bond acceptors (Lipinski definition) is 3.